The molecular weight excluding hydrogens is 202 g/mol. The van der Waals surface area contributed by atoms with Gasteiger partial charge in [-0.3, -0.25) is 0 Å². The Morgan fingerprint density at radius 3 is 2.64 bits per heavy atom. The molecule has 2 aromatic rings. The molecule has 0 fully saturated rings. The maximum absolute atomic E-state index is 13.2. The van der Waals surface area contributed by atoms with E-state index < -0.39 is 11.6 Å². The van der Waals surface area contributed by atoms with Gasteiger partial charge in [-0.1, -0.05) is 18.2 Å². The molecule has 1 aromatic carbocycles. The summed E-state index contributed by atoms with van der Waals surface area (Å²) in [5.74, 6) is -1.51. The van der Waals surface area contributed by atoms with Crippen molar-refractivity contribution in [2.24, 2.45) is 0 Å². The number of hydrogen-bond acceptors (Lipinski definition) is 1. The van der Waals surface area contributed by atoms with Gasteiger partial charge in [-0.25, -0.2) is 8.78 Å². The smallest absolute Gasteiger partial charge is 0.162 e. The Hall–Kier alpha value is -1.22. The normalized spacial score (nSPS) is 10.4. The third kappa shape index (κ3) is 1.82. The van der Waals surface area contributed by atoms with Crippen molar-refractivity contribution >= 4 is 11.3 Å². The van der Waals surface area contributed by atoms with Gasteiger partial charge in [0.15, 0.2) is 11.6 Å². The summed E-state index contributed by atoms with van der Waals surface area (Å²) in [6.45, 7) is 0. The summed E-state index contributed by atoms with van der Waals surface area (Å²) in [6, 6.07) is 8.08. The van der Waals surface area contributed by atoms with E-state index in [4.69, 9.17) is 0 Å². The first kappa shape index (κ1) is 9.34. The molecule has 0 spiro atoms. The molecule has 0 atom stereocenters. The van der Waals surface area contributed by atoms with E-state index in [1.165, 1.54) is 6.07 Å². The van der Waals surface area contributed by atoms with Gasteiger partial charge in [-0.15, -0.1) is 11.3 Å². The average Bonchev–Trinajstić information content (AvgIpc) is 2.66. The van der Waals surface area contributed by atoms with Crippen LogP contribution in [0.15, 0.2) is 35.7 Å². The quantitative estimate of drug-likeness (QED) is 0.710. The number of thiophene rings is 1. The summed E-state index contributed by atoms with van der Waals surface area (Å²) in [6.07, 6.45) is 0.460. The van der Waals surface area contributed by atoms with E-state index in [0.717, 1.165) is 10.9 Å². The molecule has 0 bridgehead atoms. The lowest BCUT2D eigenvalue weighted by Gasteiger charge is -2.01. The van der Waals surface area contributed by atoms with Crippen molar-refractivity contribution in [3.8, 4) is 0 Å². The predicted octanol–water partition coefficient (Wildman–Crippen LogP) is 3.62. The molecule has 0 amide bonds. The molecule has 0 aliphatic carbocycles. The Balaban J connectivity index is 2.29. The highest BCUT2D eigenvalue weighted by atomic mass is 32.1. The minimum absolute atomic E-state index is 0.410. The first-order valence-corrected chi connectivity index (χ1v) is 5.10. The van der Waals surface area contributed by atoms with Crippen LogP contribution in [0.2, 0.25) is 0 Å². The zero-order valence-corrected chi connectivity index (χ0v) is 8.15. The first-order chi connectivity index (χ1) is 6.77. The van der Waals surface area contributed by atoms with Crippen molar-refractivity contribution in [3.63, 3.8) is 0 Å². The Morgan fingerprint density at radius 2 is 1.93 bits per heavy atom. The van der Waals surface area contributed by atoms with Crippen molar-refractivity contribution in [1.82, 2.24) is 0 Å². The lowest BCUT2D eigenvalue weighted by molar-refractivity contribution is 0.501. The van der Waals surface area contributed by atoms with Crippen LogP contribution < -0.4 is 0 Å². The molecule has 1 heterocycles. The number of halogens is 2. The fourth-order valence-electron chi connectivity index (χ4n) is 1.29. The minimum Gasteiger partial charge on any atom is -0.204 e. The van der Waals surface area contributed by atoms with Gasteiger partial charge >= 0.3 is 0 Å². The summed E-state index contributed by atoms with van der Waals surface area (Å²) >= 11 is 1.54. The lowest BCUT2D eigenvalue weighted by atomic mass is 10.1. The van der Waals surface area contributed by atoms with Crippen LogP contribution in [-0.2, 0) is 6.42 Å². The van der Waals surface area contributed by atoms with Gasteiger partial charge in [0, 0.05) is 11.3 Å². The second kappa shape index (κ2) is 3.88. The van der Waals surface area contributed by atoms with Gasteiger partial charge in [0.2, 0.25) is 0 Å². The van der Waals surface area contributed by atoms with E-state index in [0.29, 0.717) is 12.0 Å². The largest absolute Gasteiger partial charge is 0.204 e. The molecule has 3 heteroatoms. The van der Waals surface area contributed by atoms with Gasteiger partial charge in [0.05, 0.1) is 0 Å². The number of hydrogen-bond donors (Lipinski definition) is 0. The Labute approximate surface area is 84.8 Å². The van der Waals surface area contributed by atoms with Crippen LogP contribution in [0.4, 0.5) is 8.78 Å². The van der Waals surface area contributed by atoms with Crippen LogP contribution in [0, 0.1) is 11.6 Å². The Morgan fingerprint density at radius 1 is 1.07 bits per heavy atom. The van der Waals surface area contributed by atoms with Gasteiger partial charge in [-0.2, -0.15) is 0 Å². The van der Waals surface area contributed by atoms with Crippen LogP contribution in [0.3, 0.4) is 0 Å². The zero-order chi connectivity index (χ0) is 9.97. The summed E-state index contributed by atoms with van der Waals surface area (Å²) in [5, 5.41) is 1.92. The van der Waals surface area contributed by atoms with Crippen molar-refractivity contribution in [2.45, 2.75) is 6.42 Å². The molecule has 1 aromatic heterocycles. The molecule has 0 nitrogen and oxygen atoms in total. The maximum atomic E-state index is 13.2. The standard InChI is InChI=1S/C11H8F2S/c12-10-5-1-3-8(11(10)13)7-9-4-2-6-14-9/h1-6H,7H2. The van der Waals surface area contributed by atoms with Gasteiger partial charge < -0.3 is 0 Å². The zero-order valence-electron chi connectivity index (χ0n) is 7.34. The van der Waals surface area contributed by atoms with Crippen molar-refractivity contribution in [2.75, 3.05) is 0 Å². The molecule has 0 radical (unpaired) electrons. The molecule has 72 valence electrons. The highest BCUT2D eigenvalue weighted by molar-refractivity contribution is 7.09. The molecule has 0 N–H and O–H groups in total. The fraction of sp³-hybridized carbons (Fsp3) is 0.0909. The second-order valence-electron chi connectivity index (χ2n) is 2.97. The molecule has 2 rings (SSSR count). The van der Waals surface area contributed by atoms with Crippen LogP contribution in [-0.4, -0.2) is 0 Å². The van der Waals surface area contributed by atoms with Crippen LogP contribution in [0.25, 0.3) is 0 Å². The summed E-state index contributed by atoms with van der Waals surface area (Å²) < 4.78 is 26.1. The Kier molecular flexibility index (Phi) is 2.59. The van der Waals surface area contributed by atoms with E-state index in [-0.39, 0.29) is 0 Å². The monoisotopic (exact) mass is 210 g/mol. The lowest BCUT2D eigenvalue weighted by Crippen LogP contribution is -1.93. The van der Waals surface area contributed by atoms with E-state index in [1.54, 1.807) is 17.4 Å². The second-order valence-corrected chi connectivity index (χ2v) is 4.00. The molecule has 14 heavy (non-hydrogen) atoms. The molecule has 0 saturated carbocycles. The molecule has 0 aliphatic rings. The summed E-state index contributed by atoms with van der Waals surface area (Å²) in [5.41, 5.74) is 0.410. The predicted molar refractivity (Wildman–Crippen MR) is 53.5 cm³/mol. The highest BCUT2D eigenvalue weighted by Crippen LogP contribution is 2.18. The number of rotatable bonds is 2. The SMILES string of the molecule is Fc1cccc(Cc2cccs2)c1F. The molecule has 0 saturated heterocycles. The molecular formula is C11H8F2S. The van der Waals surface area contributed by atoms with Gasteiger partial charge in [-0.05, 0) is 23.1 Å². The van der Waals surface area contributed by atoms with E-state index in [2.05, 4.69) is 0 Å². The van der Waals surface area contributed by atoms with Crippen LogP contribution in [0.5, 0.6) is 0 Å². The van der Waals surface area contributed by atoms with Crippen molar-refractivity contribution in [3.05, 3.63) is 57.8 Å². The molecule has 0 unspecified atom stereocenters. The topological polar surface area (TPSA) is 0 Å². The van der Waals surface area contributed by atoms with Crippen molar-refractivity contribution < 1.29 is 8.78 Å². The van der Waals surface area contributed by atoms with E-state index in [1.807, 2.05) is 17.5 Å². The highest BCUT2D eigenvalue weighted by Gasteiger charge is 2.07. The van der Waals surface area contributed by atoms with E-state index >= 15 is 0 Å². The van der Waals surface area contributed by atoms with Crippen LogP contribution in [0.1, 0.15) is 10.4 Å². The van der Waals surface area contributed by atoms with Gasteiger partial charge in [0.1, 0.15) is 0 Å². The third-order valence-electron chi connectivity index (χ3n) is 1.98. The van der Waals surface area contributed by atoms with Crippen molar-refractivity contribution in [1.29, 1.82) is 0 Å². The first-order valence-electron chi connectivity index (χ1n) is 4.22. The average molecular weight is 210 g/mol. The van der Waals surface area contributed by atoms with Crippen LogP contribution >= 0.6 is 11.3 Å². The third-order valence-corrected chi connectivity index (χ3v) is 2.85. The fourth-order valence-corrected chi connectivity index (χ4v) is 2.01. The van der Waals surface area contributed by atoms with Gasteiger partial charge in [0.25, 0.3) is 0 Å². The summed E-state index contributed by atoms with van der Waals surface area (Å²) in [7, 11) is 0. The number of benzene rings is 1. The maximum Gasteiger partial charge on any atom is 0.162 e. The Bertz CT molecular complexity index is 421. The van der Waals surface area contributed by atoms with E-state index in [9.17, 15) is 8.78 Å². The summed E-state index contributed by atoms with van der Waals surface area (Å²) in [4.78, 5) is 1.04. The minimum atomic E-state index is -0.779. The molecule has 0 aliphatic heterocycles.